The molecule has 0 radical (unpaired) electrons. The summed E-state index contributed by atoms with van der Waals surface area (Å²) in [6.45, 7) is 0.125. The molecular formula is C21H21FN2O4. The fraction of sp³-hybridized carbons (Fsp3) is 0.286. The van der Waals surface area contributed by atoms with E-state index < -0.39 is 17.7 Å². The molecule has 3 rings (SSSR count). The van der Waals surface area contributed by atoms with Gasteiger partial charge >= 0.3 is 5.97 Å². The van der Waals surface area contributed by atoms with Gasteiger partial charge in [-0.05, 0) is 35.7 Å². The minimum absolute atomic E-state index is 0.0266. The molecule has 7 heteroatoms. The van der Waals surface area contributed by atoms with Crippen LogP contribution in [-0.4, -0.2) is 36.0 Å². The summed E-state index contributed by atoms with van der Waals surface area (Å²) in [5.41, 5.74) is 2.31. The van der Waals surface area contributed by atoms with Crippen molar-refractivity contribution in [3.8, 4) is 0 Å². The molecule has 2 N–H and O–H groups in total. The minimum atomic E-state index is -1.10. The first-order chi connectivity index (χ1) is 13.5. The number of carboxylic acids is 1. The quantitative estimate of drug-likeness (QED) is 0.768. The molecule has 1 aliphatic heterocycles. The summed E-state index contributed by atoms with van der Waals surface area (Å²) >= 11 is 0. The van der Waals surface area contributed by atoms with Gasteiger partial charge < -0.3 is 15.3 Å². The van der Waals surface area contributed by atoms with Gasteiger partial charge in [-0.2, -0.15) is 0 Å². The summed E-state index contributed by atoms with van der Waals surface area (Å²) in [5.74, 6) is -2.90. The Morgan fingerprint density at radius 2 is 1.82 bits per heavy atom. The van der Waals surface area contributed by atoms with Gasteiger partial charge in [-0.3, -0.25) is 14.4 Å². The molecule has 28 heavy (non-hydrogen) atoms. The zero-order chi connectivity index (χ0) is 20.1. The van der Waals surface area contributed by atoms with Gasteiger partial charge in [0.15, 0.2) is 0 Å². The van der Waals surface area contributed by atoms with E-state index in [0.717, 1.165) is 11.3 Å². The number of rotatable bonds is 7. The Labute approximate surface area is 162 Å². The van der Waals surface area contributed by atoms with Crippen molar-refractivity contribution in [3.63, 3.8) is 0 Å². The van der Waals surface area contributed by atoms with Gasteiger partial charge in [0.25, 0.3) is 0 Å². The summed E-state index contributed by atoms with van der Waals surface area (Å²) in [6, 6.07) is 12.8. The molecule has 2 amide bonds. The number of aryl methyl sites for hydroxylation is 1. The second-order valence-electron chi connectivity index (χ2n) is 6.67. The van der Waals surface area contributed by atoms with Crippen LogP contribution in [0.25, 0.3) is 0 Å². The molecule has 2 aromatic rings. The van der Waals surface area contributed by atoms with Crippen LogP contribution >= 0.6 is 0 Å². The number of fused-ring (bicyclic) bond motifs is 1. The van der Waals surface area contributed by atoms with E-state index in [2.05, 4.69) is 5.32 Å². The van der Waals surface area contributed by atoms with Crippen molar-refractivity contribution in [2.75, 3.05) is 18.0 Å². The van der Waals surface area contributed by atoms with Crippen molar-refractivity contribution in [2.45, 2.75) is 25.2 Å². The molecule has 6 nitrogen and oxygen atoms in total. The summed E-state index contributed by atoms with van der Waals surface area (Å²) in [7, 11) is 0. The van der Waals surface area contributed by atoms with Gasteiger partial charge in [0.05, 0.1) is 5.92 Å². The van der Waals surface area contributed by atoms with Crippen molar-refractivity contribution in [1.82, 2.24) is 5.32 Å². The number of amides is 2. The Hall–Kier alpha value is -3.22. The van der Waals surface area contributed by atoms with Crippen LogP contribution in [0.15, 0.2) is 48.5 Å². The zero-order valence-electron chi connectivity index (χ0n) is 15.2. The third-order valence-corrected chi connectivity index (χ3v) is 4.83. The average Bonchev–Trinajstić information content (AvgIpc) is 2.68. The van der Waals surface area contributed by atoms with Crippen molar-refractivity contribution in [1.29, 1.82) is 0 Å². The number of aliphatic carboxylic acids is 1. The molecule has 1 heterocycles. The lowest BCUT2D eigenvalue weighted by molar-refractivity contribution is -0.138. The largest absolute Gasteiger partial charge is 0.481 e. The van der Waals surface area contributed by atoms with Crippen LogP contribution in [-0.2, 0) is 20.8 Å². The van der Waals surface area contributed by atoms with E-state index in [0.29, 0.717) is 18.4 Å². The van der Waals surface area contributed by atoms with Crippen molar-refractivity contribution < 1.29 is 23.9 Å². The molecule has 0 fully saturated rings. The van der Waals surface area contributed by atoms with E-state index in [1.165, 1.54) is 24.3 Å². The van der Waals surface area contributed by atoms with E-state index in [-0.39, 0.29) is 31.3 Å². The number of anilines is 1. The fourth-order valence-corrected chi connectivity index (χ4v) is 3.30. The molecule has 1 unspecified atom stereocenters. The predicted molar refractivity (Wildman–Crippen MR) is 102 cm³/mol. The van der Waals surface area contributed by atoms with Crippen molar-refractivity contribution in [3.05, 3.63) is 65.5 Å². The molecule has 0 aliphatic carbocycles. The van der Waals surface area contributed by atoms with E-state index in [1.54, 1.807) is 4.90 Å². The van der Waals surface area contributed by atoms with Gasteiger partial charge in [0, 0.05) is 31.6 Å². The number of benzene rings is 2. The van der Waals surface area contributed by atoms with Gasteiger partial charge in [-0.15, -0.1) is 0 Å². The number of hydrogen-bond acceptors (Lipinski definition) is 3. The van der Waals surface area contributed by atoms with Crippen LogP contribution in [0.2, 0.25) is 0 Å². The highest BCUT2D eigenvalue weighted by Crippen LogP contribution is 2.27. The Morgan fingerprint density at radius 1 is 1.11 bits per heavy atom. The first-order valence-electron chi connectivity index (χ1n) is 9.09. The van der Waals surface area contributed by atoms with E-state index in [1.807, 2.05) is 24.3 Å². The molecule has 1 aliphatic rings. The second kappa shape index (κ2) is 8.65. The summed E-state index contributed by atoms with van der Waals surface area (Å²) in [4.78, 5) is 37.5. The summed E-state index contributed by atoms with van der Waals surface area (Å²) in [5, 5.41) is 12.0. The summed E-state index contributed by atoms with van der Waals surface area (Å²) < 4.78 is 13.0. The lowest BCUT2D eigenvalue weighted by Crippen LogP contribution is -2.39. The van der Waals surface area contributed by atoms with Gasteiger partial charge in [0.2, 0.25) is 11.8 Å². The Morgan fingerprint density at radius 3 is 2.54 bits per heavy atom. The number of para-hydroxylation sites is 1. The highest BCUT2D eigenvalue weighted by Gasteiger charge is 2.25. The van der Waals surface area contributed by atoms with Crippen LogP contribution < -0.4 is 10.2 Å². The molecule has 1 atom stereocenters. The second-order valence-corrected chi connectivity index (χ2v) is 6.67. The normalized spacial score (nSPS) is 14.3. The molecular weight excluding hydrogens is 363 g/mol. The van der Waals surface area contributed by atoms with Crippen LogP contribution in [0.4, 0.5) is 10.1 Å². The molecule has 0 saturated heterocycles. The lowest BCUT2D eigenvalue weighted by Gasteiger charge is -2.29. The van der Waals surface area contributed by atoms with Crippen molar-refractivity contribution in [2.24, 2.45) is 0 Å². The van der Waals surface area contributed by atoms with Crippen LogP contribution in [0.5, 0.6) is 0 Å². The SMILES string of the molecule is O=C(CCN1C(=O)CCc2ccccc21)NCC(C(=O)O)c1ccc(F)cc1. The van der Waals surface area contributed by atoms with Gasteiger partial charge in [0.1, 0.15) is 5.82 Å². The highest BCUT2D eigenvalue weighted by molar-refractivity contribution is 5.97. The zero-order valence-corrected chi connectivity index (χ0v) is 15.2. The average molecular weight is 384 g/mol. The number of carbonyl (C=O) groups is 3. The smallest absolute Gasteiger partial charge is 0.312 e. The Bertz CT molecular complexity index is 882. The maximum atomic E-state index is 13.0. The number of carboxylic acid groups (broad SMARTS) is 1. The number of halogens is 1. The molecule has 0 bridgehead atoms. The van der Waals surface area contributed by atoms with Gasteiger partial charge in [-0.1, -0.05) is 30.3 Å². The van der Waals surface area contributed by atoms with E-state index in [9.17, 15) is 23.9 Å². The van der Waals surface area contributed by atoms with Crippen LogP contribution in [0, 0.1) is 5.82 Å². The molecule has 0 aromatic heterocycles. The number of nitrogens with zero attached hydrogens (tertiary/aromatic N) is 1. The molecule has 0 spiro atoms. The maximum absolute atomic E-state index is 13.0. The standard InChI is InChI=1S/C21H21FN2O4/c22-16-8-5-14(6-9-16)17(21(27)28)13-23-19(25)11-12-24-18-4-2-1-3-15(18)7-10-20(24)26/h1-6,8-9,17H,7,10-13H2,(H,23,25)(H,27,28). The minimum Gasteiger partial charge on any atom is -0.481 e. The maximum Gasteiger partial charge on any atom is 0.312 e. The molecule has 2 aromatic carbocycles. The molecule has 0 saturated carbocycles. The Balaban J connectivity index is 1.57. The predicted octanol–water partition coefficient (Wildman–Crippen LogP) is 2.48. The van der Waals surface area contributed by atoms with Crippen LogP contribution in [0.3, 0.4) is 0 Å². The van der Waals surface area contributed by atoms with Crippen LogP contribution in [0.1, 0.15) is 29.9 Å². The lowest BCUT2D eigenvalue weighted by atomic mass is 9.99. The number of hydrogen-bond donors (Lipinski definition) is 2. The monoisotopic (exact) mass is 384 g/mol. The number of carbonyl (C=O) groups excluding carboxylic acids is 2. The highest BCUT2D eigenvalue weighted by atomic mass is 19.1. The first-order valence-corrected chi connectivity index (χ1v) is 9.09. The fourth-order valence-electron chi connectivity index (χ4n) is 3.30. The van der Waals surface area contributed by atoms with Gasteiger partial charge in [-0.25, -0.2) is 4.39 Å². The van der Waals surface area contributed by atoms with E-state index in [4.69, 9.17) is 0 Å². The number of nitrogens with one attached hydrogen (secondary N) is 1. The topological polar surface area (TPSA) is 86.7 Å². The summed E-state index contributed by atoms with van der Waals surface area (Å²) in [6.07, 6.45) is 1.16. The Kier molecular flexibility index (Phi) is 6.03. The third-order valence-electron chi connectivity index (χ3n) is 4.83. The third kappa shape index (κ3) is 4.54. The van der Waals surface area contributed by atoms with E-state index >= 15 is 0 Å². The molecule has 146 valence electrons. The van der Waals surface area contributed by atoms with Crippen molar-refractivity contribution >= 4 is 23.5 Å². The first kappa shape index (κ1) is 19.5.